The van der Waals surface area contributed by atoms with Crippen molar-refractivity contribution in [3.63, 3.8) is 0 Å². The van der Waals surface area contributed by atoms with E-state index in [9.17, 15) is 9.18 Å². The maximum Gasteiger partial charge on any atom is 0.259 e. The molecule has 1 N–H and O–H groups in total. The van der Waals surface area contributed by atoms with Crippen molar-refractivity contribution in [1.29, 1.82) is 0 Å². The van der Waals surface area contributed by atoms with Crippen molar-refractivity contribution in [2.45, 2.75) is 6.92 Å². The number of carbonyl (C=O) groups excluding carboxylic acids is 1. The molecule has 3 aromatic rings. The second kappa shape index (κ2) is 5.45. The molecule has 1 amide bonds. The van der Waals surface area contributed by atoms with Gasteiger partial charge >= 0.3 is 0 Å². The van der Waals surface area contributed by atoms with Gasteiger partial charge in [-0.05, 0) is 25.1 Å². The lowest BCUT2D eigenvalue weighted by molar-refractivity contribution is 0.102. The average molecular weight is 302 g/mol. The lowest BCUT2D eigenvalue weighted by Gasteiger charge is -2.03. The van der Waals surface area contributed by atoms with Crippen LogP contribution >= 0.6 is 11.3 Å². The van der Waals surface area contributed by atoms with Gasteiger partial charge in [-0.25, -0.2) is 14.1 Å². The van der Waals surface area contributed by atoms with E-state index in [1.165, 1.54) is 29.5 Å². The van der Waals surface area contributed by atoms with Gasteiger partial charge in [-0.1, -0.05) is 6.07 Å². The highest BCUT2D eigenvalue weighted by molar-refractivity contribution is 7.12. The van der Waals surface area contributed by atoms with Crippen LogP contribution in [0.2, 0.25) is 0 Å². The number of benzene rings is 1. The Morgan fingerprint density at radius 1 is 1.43 bits per heavy atom. The summed E-state index contributed by atoms with van der Waals surface area (Å²) >= 11 is 1.42. The third kappa shape index (κ3) is 2.82. The normalized spacial score (nSPS) is 10.6. The fraction of sp³-hybridized carbons (Fsp3) is 0.0714. The molecule has 3 rings (SSSR count). The number of hydrogen-bond acceptors (Lipinski definition) is 4. The minimum absolute atomic E-state index is 0.332. The summed E-state index contributed by atoms with van der Waals surface area (Å²) < 4.78 is 14.7. The molecule has 0 spiro atoms. The minimum Gasteiger partial charge on any atom is -0.322 e. The average Bonchev–Trinajstić information content (AvgIpc) is 3.07. The van der Waals surface area contributed by atoms with Crippen LogP contribution in [0.5, 0.6) is 0 Å². The summed E-state index contributed by atoms with van der Waals surface area (Å²) in [6, 6.07) is 5.75. The van der Waals surface area contributed by atoms with Crippen LogP contribution in [-0.4, -0.2) is 20.7 Å². The first-order chi connectivity index (χ1) is 10.1. The second-order valence-corrected chi connectivity index (χ2v) is 5.22. The van der Waals surface area contributed by atoms with Gasteiger partial charge in [-0.2, -0.15) is 5.10 Å². The van der Waals surface area contributed by atoms with E-state index in [1.807, 2.05) is 5.38 Å². The van der Waals surface area contributed by atoms with E-state index < -0.39 is 5.82 Å². The van der Waals surface area contributed by atoms with E-state index in [2.05, 4.69) is 15.4 Å². The first kappa shape index (κ1) is 13.4. The largest absolute Gasteiger partial charge is 0.322 e. The van der Waals surface area contributed by atoms with Gasteiger partial charge in [0.1, 0.15) is 5.82 Å². The van der Waals surface area contributed by atoms with Gasteiger partial charge in [-0.3, -0.25) is 4.79 Å². The van der Waals surface area contributed by atoms with Crippen LogP contribution in [0.25, 0.3) is 5.13 Å². The molecule has 2 aromatic heterocycles. The highest BCUT2D eigenvalue weighted by Gasteiger charge is 2.15. The van der Waals surface area contributed by atoms with Crippen molar-refractivity contribution < 1.29 is 9.18 Å². The zero-order valence-corrected chi connectivity index (χ0v) is 11.9. The Hall–Kier alpha value is -2.54. The molecule has 0 fully saturated rings. The number of carbonyl (C=O) groups is 1. The van der Waals surface area contributed by atoms with Gasteiger partial charge in [0.2, 0.25) is 5.13 Å². The Morgan fingerprint density at radius 3 is 3.00 bits per heavy atom. The van der Waals surface area contributed by atoms with Gasteiger partial charge in [0.05, 0.1) is 11.3 Å². The summed E-state index contributed by atoms with van der Waals surface area (Å²) in [6.07, 6.45) is 3.28. The lowest BCUT2D eigenvalue weighted by Crippen LogP contribution is -2.12. The topological polar surface area (TPSA) is 59.8 Å². The Balaban J connectivity index is 1.85. The quantitative estimate of drug-likeness (QED) is 0.809. The van der Waals surface area contributed by atoms with Crippen LogP contribution in [0, 0.1) is 12.7 Å². The lowest BCUT2D eigenvalue weighted by atomic mass is 10.2. The zero-order valence-electron chi connectivity index (χ0n) is 11.1. The van der Waals surface area contributed by atoms with Crippen molar-refractivity contribution in [2.24, 2.45) is 0 Å². The fourth-order valence-electron chi connectivity index (χ4n) is 1.87. The molecule has 21 heavy (non-hydrogen) atoms. The van der Waals surface area contributed by atoms with Crippen molar-refractivity contribution >= 4 is 22.9 Å². The molecule has 1 aromatic carbocycles. The maximum atomic E-state index is 13.1. The van der Waals surface area contributed by atoms with E-state index >= 15 is 0 Å². The first-order valence-electron chi connectivity index (χ1n) is 6.16. The highest BCUT2D eigenvalue weighted by atomic mass is 32.1. The predicted octanol–water partition coefficient (Wildman–Crippen LogP) is 3.03. The number of anilines is 1. The van der Waals surface area contributed by atoms with E-state index in [4.69, 9.17) is 0 Å². The van der Waals surface area contributed by atoms with Crippen LogP contribution in [0.3, 0.4) is 0 Å². The monoisotopic (exact) mass is 302 g/mol. The molecule has 7 heteroatoms. The number of halogens is 1. The van der Waals surface area contributed by atoms with Crippen LogP contribution in [0.15, 0.2) is 42.0 Å². The van der Waals surface area contributed by atoms with E-state index in [0.717, 1.165) is 0 Å². The van der Waals surface area contributed by atoms with Crippen molar-refractivity contribution in [3.8, 4) is 5.13 Å². The number of rotatable bonds is 3. The summed E-state index contributed by atoms with van der Waals surface area (Å²) in [6.45, 7) is 1.74. The fourth-order valence-corrected chi connectivity index (χ4v) is 2.44. The van der Waals surface area contributed by atoms with Gasteiger partial charge in [0.15, 0.2) is 0 Å². The number of hydrogen-bond donors (Lipinski definition) is 1. The molecule has 2 heterocycles. The number of aromatic nitrogens is 3. The molecule has 0 radical (unpaired) electrons. The minimum atomic E-state index is -0.400. The molecule has 0 atom stereocenters. The van der Waals surface area contributed by atoms with Crippen molar-refractivity contribution in [3.05, 3.63) is 59.1 Å². The molecular formula is C14H11FN4OS. The molecule has 0 bridgehead atoms. The summed E-state index contributed by atoms with van der Waals surface area (Å²) in [7, 11) is 0. The Morgan fingerprint density at radius 2 is 2.29 bits per heavy atom. The molecule has 5 nitrogen and oxygen atoms in total. The zero-order chi connectivity index (χ0) is 14.8. The van der Waals surface area contributed by atoms with Crippen LogP contribution < -0.4 is 5.32 Å². The smallest absolute Gasteiger partial charge is 0.259 e. The Bertz CT molecular complexity index is 782. The standard InChI is InChI=1S/C14H11FN4OS/c1-9-12(8-19(18-9)14-16-5-6-21-14)13(20)17-11-4-2-3-10(15)7-11/h2-8H,1H3,(H,17,20). The van der Waals surface area contributed by atoms with E-state index in [1.54, 1.807) is 30.1 Å². The number of thiazole rings is 1. The molecule has 0 aliphatic rings. The van der Waals surface area contributed by atoms with E-state index in [-0.39, 0.29) is 5.91 Å². The summed E-state index contributed by atoms with van der Waals surface area (Å²) in [5.74, 6) is -0.732. The molecule has 106 valence electrons. The first-order valence-corrected chi connectivity index (χ1v) is 7.04. The van der Waals surface area contributed by atoms with E-state index in [0.29, 0.717) is 22.1 Å². The van der Waals surface area contributed by atoms with Gasteiger partial charge in [-0.15, -0.1) is 11.3 Å². The van der Waals surface area contributed by atoms with Crippen LogP contribution in [0.1, 0.15) is 16.1 Å². The van der Waals surface area contributed by atoms with Gasteiger partial charge < -0.3 is 5.32 Å². The number of amides is 1. The maximum absolute atomic E-state index is 13.1. The predicted molar refractivity (Wildman–Crippen MR) is 78.3 cm³/mol. The summed E-state index contributed by atoms with van der Waals surface area (Å²) in [5, 5.41) is 9.43. The third-order valence-corrected chi connectivity index (χ3v) is 3.60. The molecule has 0 unspecified atom stereocenters. The molecule has 0 aliphatic carbocycles. The second-order valence-electron chi connectivity index (χ2n) is 4.35. The molecule has 0 saturated heterocycles. The molecular weight excluding hydrogens is 291 g/mol. The van der Waals surface area contributed by atoms with Crippen molar-refractivity contribution in [1.82, 2.24) is 14.8 Å². The third-order valence-electron chi connectivity index (χ3n) is 2.84. The van der Waals surface area contributed by atoms with Gasteiger partial charge in [0.25, 0.3) is 5.91 Å². The highest BCUT2D eigenvalue weighted by Crippen LogP contribution is 2.16. The Labute approximate surface area is 124 Å². The SMILES string of the molecule is Cc1nn(-c2nccs2)cc1C(=O)Nc1cccc(F)c1. The molecule has 0 aliphatic heterocycles. The number of nitrogens with one attached hydrogen (secondary N) is 1. The van der Waals surface area contributed by atoms with Crippen LogP contribution in [0.4, 0.5) is 10.1 Å². The number of aryl methyl sites for hydroxylation is 1. The molecule has 0 saturated carbocycles. The summed E-state index contributed by atoms with van der Waals surface area (Å²) in [5.41, 5.74) is 1.41. The Kier molecular flexibility index (Phi) is 3.49. The van der Waals surface area contributed by atoms with Crippen molar-refractivity contribution in [2.75, 3.05) is 5.32 Å². The van der Waals surface area contributed by atoms with Gasteiger partial charge in [0, 0.05) is 23.5 Å². The van der Waals surface area contributed by atoms with Crippen LogP contribution in [-0.2, 0) is 0 Å². The number of nitrogens with zero attached hydrogens (tertiary/aromatic N) is 3. The summed E-state index contributed by atoms with van der Waals surface area (Å²) in [4.78, 5) is 16.4.